The van der Waals surface area contributed by atoms with E-state index >= 15 is 0 Å². The smallest absolute Gasteiger partial charge is 0.100 e. The molecule has 0 amide bonds. The van der Waals surface area contributed by atoms with Gasteiger partial charge in [-0.15, -0.1) is 0 Å². The lowest BCUT2D eigenvalue weighted by molar-refractivity contribution is 1.07. The van der Waals surface area contributed by atoms with Crippen LogP contribution in [0, 0.1) is 25.2 Å². The van der Waals surface area contributed by atoms with Gasteiger partial charge in [-0.05, 0) is 61.2 Å². The molecule has 0 fully saturated rings. The summed E-state index contributed by atoms with van der Waals surface area (Å²) in [5.41, 5.74) is 7.85. The lowest BCUT2D eigenvalue weighted by Gasteiger charge is -2.12. The third-order valence-corrected chi connectivity index (χ3v) is 4.46. The predicted octanol–water partition coefficient (Wildman–Crippen LogP) is 5.66. The minimum absolute atomic E-state index is 0.675. The van der Waals surface area contributed by atoms with Crippen LogP contribution in [0.15, 0.2) is 67.5 Å². The van der Waals surface area contributed by atoms with E-state index in [1.54, 1.807) is 6.08 Å². The van der Waals surface area contributed by atoms with E-state index in [9.17, 15) is 5.26 Å². The number of aryl methyl sites for hydroxylation is 2. The van der Waals surface area contributed by atoms with Crippen LogP contribution in [0.4, 0.5) is 0 Å². The van der Waals surface area contributed by atoms with Gasteiger partial charge in [-0.3, -0.25) is 4.57 Å². The van der Waals surface area contributed by atoms with E-state index in [2.05, 4.69) is 53.4 Å². The van der Waals surface area contributed by atoms with E-state index in [1.807, 2.05) is 44.5 Å². The lowest BCUT2D eigenvalue weighted by atomic mass is 10.0. The molecule has 0 aliphatic rings. The molecule has 26 heavy (non-hydrogen) atoms. The maximum atomic E-state index is 9.36. The summed E-state index contributed by atoms with van der Waals surface area (Å²) in [5, 5.41) is 9.36. The maximum absolute atomic E-state index is 9.36. The topological polar surface area (TPSA) is 41.6 Å². The number of nitriles is 1. The van der Waals surface area contributed by atoms with Crippen LogP contribution < -0.4 is 0 Å². The van der Waals surface area contributed by atoms with Crippen molar-refractivity contribution in [3.05, 3.63) is 89.8 Å². The van der Waals surface area contributed by atoms with Crippen LogP contribution >= 0.6 is 0 Å². The largest absolute Gasteiger partial charge is 0.299 e. The number of benzene rings is 2. The minimum Gasteiger partial charge on any atom is -0.299 e. The van der Waals surface area contributed by atoms with Crippen LogP contribution in [-0.2, 0) is 0 Å². The number of imidazole rings is 1. The number of hydrogen-bond acceptors (Lipinski definition) is 2. The summed E-state index contributed by atoms with van der Waals surface area (Å²) in [7, 11) is 0. The summed E-state index contributed by atoms with van der Waals surface area (Å²) in [6.45, 7) is 9.83. The first kappa shape index (κ1) is 17.4. The standard InChI is InChI=1S/C23H21N3/c1-5-7-18(8-6-2)19-10-9-16(3)22(12-19)26-15-25-21-11-17(4)20(14-24)13-23(21)26/h5-13,15H,1H2,2-4H3. The number of nitrogens with zero attached hydrogens (tertiary/aromatic N) is 3. The highest BCUT2D eigenvalue weighted by Gasteiger charge is 2.11. The molecule has 128 valence electrons. The van der Waals surface area contributed by atoms with Gasteiger partial charge in [0.1, 0.15) is 6.33 Å². The number of allylic oxidation sites excluding steroid dienone is 5. The average molecular weight is 339 g/mol. The summed E-state index contributed by atoms with van der Waals surface area (Å²) in [6.07, 6.45) is 9.70. The SMILES string of the molecule is C=CC=C(C=CC)c1ccc(C)c(-n2cnc3cc(C)c(C#N)cc32)c1. The molecule has 0 unspecified atom stereocenters. The predicted molar refractivity (Wildman–Crippen MR) is 108 cm³/mol. The van der Waals surface area contributed by atoms with Crippen molar-refractivity contribution in [2.45, 2.75) is 20.8 Å². The second kappa shape index (κ2) is 7.25. The van der Waals surface area contributed by atoms with Crippen molar-refractivity contribution < 1.29 is 0 Å². The monoisotopic (exact) mass is 339 g/mol. The van der Waals surface area contributed by atoms with Crippen LogP contribution in [0.25, 0.3) is 22.3 Å². The second-order valence-electron chi connectivity index (χ2n) is 6.24. The van der Waals surface area contributed by atoms with Crippen molar-refractivity contribution in [1.82, 2.24) is 9.55 Å². The quantitative estimate of drug-likeness (QED) is 0.576. The van der Waals surface area contributed by atoms with E-state index in [0.717, 1.165) is 39.0 Å². The summed E-state index contributed by atoms with van der Waals surface area (Å²) < 4.78 is 2.05. The first-order valence-electron chi connectivity index (χ1n) is 8.53. The summed E-state index contributed by atoms with van der Waals surface area (Å²) in [4.78, 5) is 4.53. The molecule has 2 aromatic carbocycles. The van der Waals surface area contributed by atoms with Gasteiger partial charge in [0.05, 0.1) is 28.4 Å². The molecule has 1 heterocycles. The molecule has 0 atom stereocenters. The van der Waals surface area contributed by atoms with Crippen molar-refractivity contribution >= 4 is 16.6 Å². The Hall–Kier alpha value is -3.38. The highest BCUT2D eigenvalue weighted by molar-refractivity contribution is 5.82. The van der Waals surface area contributed by atoms with Crippen molar-refractivity contribution in [2.24, 2.45) is 0 Å². The Labute approximate surface area is 154 Å². The number of fused-ring (bicyclic) bond motifs is 1. The molecule has 0 N–H and O–H groups in total. The molecule has 3 aromatic rings. The van der Waals surface area contributed by atoms with Crippen LogP contribution in [-0.4, -0.2) is 9.55 Å². The zero-order valence-corrected chi connectivity index (χ0v) is 15.3. The highest BCUT2D eigenvalue weighted by Crippen LogP contribution is 2.27. The van der Waals surface area contributed by atoms with Crippen molar-refractivity contribution in [3.8, 4) is 11.8 Å². The van der Waals surface area contributed by atoms with Gasteiger partial charge in [0.15, 0.2) is 0 Å². The van der Waals surface area contributed by atoms with Gasteiger partial charge in [0.25, 0.3) is 0 Å². The van der Waals surface area contributed by atoms with Gasteiger partial charge < -0.3 is 0 Å². The molecule has 0 aliphatic carbocycles. The Morgan fingerprint density at radius 2 is 2.00 bits per heavy atom. The molecule has 3 heteroatoms. The first-order chi connectivity index (χ1) is 12.6. The van der Waals surface area contributed by atoms with E-state index in [0.29, 0.717) is 5.56 Å². The van der Waals surface area contributed by atoms with E-state index in [1.165, 1.54) is 0 Å². The van der Waals surface area contributed by atoms with E-state index < -0.39 is 0 Å². The molecular weight excluding hydrogens is 318 g/mol. The van der Waals surface area contributed by atoms with Gasteiger partial charge >= 0.3 is 0 Å². The van der Waals surface area contributed by atoms with Crippen molar-refractivity contribution in [2.75, 3.05) is 0 Å². The molecule has 0 radical (unpaired) electrons. The number of rotatable bonds is 4. The van der Waals surface area contributed by atoms with E-state index in [4.69, 9.17) is 0 Å². The molecule has 3 rings (SSSR count). The van der Waals surface area contributed by atoms with Crippen LogP contribution in [0.3, 0.4) is 0 Å². The molecule has 3 nitrogen and oxygen atoms in total. The number of aromatic nitrogens is 2. The Kier molecular flexibility index (Phi) is 4.86. The number of hydrogen-bond donors (Lipinski definition) is 0. The third kappa shape index (κ3) is 3.10. The Morgan fingerprint density at radius 3 is 2.69 bits per heavy atom. The highest BCUT2D eigenvalue weighted by atomic mass is 15.0. The summed E-state index contributed by atoms with van der Waals surface area (Å²) in [6, 6.07) is 12.5. The molecule has 1 aromatic heterocycles. The maximum Gasteiger partial charge on any atom is 0.100 e. The first-order valence-corrected chi connectivity index (χ1v) is 8.53. The third-order valence-electron chi connectivity index (χ3n) is 4.46. The fourth-order valence-corrected chi connectivity index (χ4v) is 3.08. The van der Waals surface area contributed by atoms with Gasteiger partial charge in [0, 0.05) is 0 Å². The molecule has 0 saturated heterocycles. The van der Waals surface area contributed by atoms with Crippen molar-refractivity contribution in [3.63, 3.8) is 0 Å². The van der Waals surface area contributed by atoms with Gasteiger partial charge in [-0.2, -0.15) is 5.26 Å². The Morgan fingerprint density at radius 1 is 1.19 bits per heavy atom. The van der Waals surface area contributed by atoms with Gasteiger partial charge in [-0.25, -0.2) is 4.98 Å². The lowest BCUT2D eigenvalue weighted by Crippen LogP contribution is -1.97. The van der Waals surface area contributed by atoms with Crippen LogP contribution in [0.5, 0.6) is 0 Å². The zero-order chi connectivity index (χ0) is 18.7. The van der Waals surface area contributed by atoms with Gasteiger partial charge in [-0.1, -0.05) is 43.0 Å². The molecule has 0 aliphatic heterocycles. The van der Waals surface area contributed by atoms with Gasteiger partial charge in [0.2, 0.25) is 0 Å². The molecule has 0 saturated carbocycles. The van der Waals surface area contributed by atoms with Crippen LogP contribution in [0.2, 0.25) is 0 Å². The Bertz CT molecular complexity index is 1090. The molecular formula is C23H21N3. The fourth-order valence-electron chi connectivity index (χ4n) is 3.08. The second-order valence-corrected chi connectivity index (χ2v) is 6.24. The van der Waals surface area contributed by atoms with Crippen molar-refractivity contribution in [1.29, 1.82) is 5.26 Å². The average Bonchev–Trinajstić information content (AvgIpc) is 3.03. The normalized spacial score (nSPS) is 11.8. The Balaban J connectivity index is 2.23. The zero-order valence-electron chi connectivity index (χ0n) is 15.3. The molecule has 0 spiro atoms. The van der Waals surface area contributed by atoms with Crippen LogP contribution in [0.1, 0.15) is 29.2 Å². The van der Waals surface area contributed by atoms with E-state index in [-0.39, 0.29) is 0 Å². The molecule has 0 bridgehead atoms. The minimum atomic E-state index is 0.675. The summed E-state index contributed by atoms with van der Waals surface area (Å²) >= 11 is 0. The fraction of sp³-hybridized carbons (Fsp3) is 0.130. The summed E-state index contributed by atoms with van der Waals surface area (Å²) in [5.74, 6) is 0.